The van der Waals surface area contributed by atoms with Crippen LogP contribution in [-0.2, 0) is 0 Å². The third-order valence-electron chi connectivity index (χ3n) is 6.37. The molecule has 0 bridgehead atoms. The fraction of sp³-hybridized carbons (Fsp3) is 0.407. The van der Waals surface area contributed by atoms with Gasteiger partial charge in [0.1, 0.15) is 0 Å². The summed E-state index contributed by atoms with van der Waals surface area (Å²) < 4.78 is 0. The van der Waals surface area contributed by atoms with E-state index in [0.717, 1.165) is 12.8 Å². The Morgan fingerprint density at radius 2 is 2.11 bits per heavy atom. The second kappa shape index (κ2) is 7.50. The summed E-state index contributed by atoms with van der Waals surface area (Å²) >= 11 is 0. The lowest BCUT2D eigenvalue weighted by Gasteiger charge is -2.39. The SMILES string of the molecule is C=C/C=C/C1(C(/C=C\C(C)C)=C/C)C2=CC=CCC2(C)C2=C1CC(C)C=C2. The zero-order chi connectivity index (χ0) is 19.7. The van der Waals surface area contributed by atoms with Crippen LogP contribution in [0.25, 0.3) is 0 Å². The molecule has 0 aromatic rings. The predicted octanol–water partition coefficient (Wildman–Crippen LogP) is 7.67. The van der Waals surface area contributed by atoms with E-state index in [2.05, 4.69) is 102 Å². The first-order valence-electron chi connectivity index (χ1n) is 10.4. The van der Waals surface area contributed by atoms with E-state index in [1.807, 2.05) is 6.08 Å². The Bertz CT molecular complexity index is 818. The lowest BCUT2D eigenvalue weighted by Crippen LogP contribution is -2.29. The van der Waals surface area contributed by atoms with Gasteiger partial charge in [0.25, 0.3) is 0 Å². The van der Waals surface area contributed by atoms with Crippen LogP contribution in [0.5, 0.6) is 0 Å². The van der Waals surface area contributed by atoms with E-state index >= 15 is 0 Å². The van der Waals surface area contributed by atoms with Crippen molar-refractivity contribution in [2.75, 3.05) is 0 Å². The summed E-state index contributed by atoms with van der Waals surface area (Å²) in [5.41, 5.74) is 5.92. The number of hydrogen-bond acceptors (Lipinski definition) is 0. The van der Waals surface area contributed by atoms with Gasteiger partial charge in [-0.3, -0.25) is 0 Å². The lowest BCUT2D eigenvalue weighted by molar-refractivity contribution is 0.464. The topological polar surface area (TPSA) is 0 Å². The summed E-state index contributed by atoms with van der Waals surface area (Å²) in [6.07, 6.45) is 27.4. The maximum absolute atomic E-state index is 3.96. The van der Waals surface area contributed by atoms with Crippen molar-refractivity contribution >= 4 is 0 Å². The Morgan fingerprint density at radius 3 is 2.78 bits per heavy atom. The zero-order valence-electron chi connectivity index (χ0n) is 17.6. The molecule has 0 fully saturated rings. The van der Waals surface area contributed by atoms with Crippen LogP contribution in [0.3, 0.4) is 0 Å². The average molecular weight is 359 g/mol. The van der Waals surface area contributed by atoms with Crippen molar-refractivity contribution < 1.29 is 0 Å². The normalized spacial score (nSPS) is 33.2. The molecule has 3 rings (SSSR count). The predicted molar refractivity (Wildman–Crippen MR) is 119 cm³/mol. The maximum atomic E-state index is 3.96. The van der Waals surface area contributed by atoms with E-state index in [0.29, 0.717) is 11.8 Å². The van der Waals surface area contributed by atoms with E-state index in [1.165, 1.54) is 16.7 Å². The van der Waals surface area contributed by atoms with Crippen molar-refractivity contribution in [2.24, 2.45) is 22.7 Å². The van der Waals surface area contributed by atoms with Crippen molar-refractivity contribution in [3.8, 4) is 0 Å². The minimum absolute atomic E-state index is 0.0756. The summed E-state index contributed by atoms with van der Waals surface area (Å²) in [7, 11) is 0. The Morgan fingerprint density at radius 1 is 1.33 bits per heavy atom. The second-order valence-electron chi connectivity index (χ2n) is 8.73. The van der Waals surface area contributed by atoms with Gasteiger partial charge in [0.2, 0.25) is 0 Å². The lowest BCUT2D eigenvalue weighted by atomic mass is 9.63. The van der Waals surface area contributed by atoms with E-state index in [4.69, 9.17) is 0 Å². The molecule has 0 radical (unpaired) electrons. The summed E-state index contributed by atoms with van der Waals surface area (Å²) in [5.74, 6) is 1.11. The molecule has 0 saturated heterocycles. The number of allylic oxidation sites excluding steroid dienone is 15. The second-order valence-corrected chi connectivity index (χ2v) is 8.73. The fourth-order valence-corrected chi connectivity index (χ4v) is 5.08. The van der Waals surface area contributed by atoms with Gasteiger partial charge in [0.05, 0.1) is 5.41 Å². The highest BCUT2D eigenvalue weighted by Crippen LogP contribution is 2.66. The van der Waals surface area contributed by atoms with Crippen molar-refractivity contribution in [1.29, 1.82) is 0 Å². The largest absolute Gasteiger partial charge is 0.0991 e. The Balaban J connectivity index is 2.33. The van der Waals surface area contributed by atoms with E-state index < -0.39 is 0 Å². The van der Waals surface area contributed by atoms with Gasteiger partial charge in [0, 0.05) is 5.41 Å². The van der Waals surface area contributed by atoms with E-state index in [-0.39, 0.29) is 10.8 Å². The third kappa shape index (κ3) is 3.10. The molecule has 0 heterocycles. The molecule has 0 saturated carbocycles. The molecule has 3 unspecified atom stereocenters. The molecular formula is C27H34. The monoisotopic (exact) mass is 358 g/mol. The summed E-state index contributed by atoms with van der Waals surface area (Å²) in [4.78, 5) is 0. The van der Waals surface area contributed by atoms with Crippen LogP contribution in [0.4, 0.5) is 0 Å². The van der Waals surface area contributed by atoms with Crippen molar-refractivity contribution in [3.63, 3.8) is 0 Å². The Labute approximate surface area is 166 Å². The molecule has 0 aliphatic heterocycles. The number of hydrogen-bond donors (Lipinski definition) is 0. The van der Waals surface area contributed by atoms with Gasteiger partial charge < -0.3 is 0 Å². The molecule has 27 heavy (non-hydrogen) atoms. The van der Waals surface area contributed by atoms with Crippen LogP contribution in [0, 0.1) is 22.7 Å². The van der Waals surface area contributed by atoms with Crippen LogP contribution in [0.1, 0.15) is 47.5 Å². The third-order valence-corrected chi connectivity index (χ3v) is 6.37. The zero-order valence-corrected chi connectivity index (χ0v) is 17.6. The van der Waals surface area contributed by atoms with Crippen molar-refractivity contribution in [3.05, 3.63) is 95.7 Å². The summed E-state index contributed by atoms with van der Waals surface area (Å²) in [6.45, 7) is 15.4. The van der Waals surface area contributed by atoms with Gasteiger partial charge in [-0.25, -0.2) is 0 Å². The molecule has 0 aromatic carbocycles. The van der Waals surface area contributed by atoms with Gasteiger partial charge in [-0.2, -0.15) is 0 Å². The van der Waals surface area contributed by atoms with Crippen molar-refractivity contribution in [2.45, 2.75) is 47.5 Å². The molecule has 0 heteroatoms. The molecule has 142 valence electrons. The standard InChI is InChI=1S/C27H34/c1-7-9-18-27(22(8-2)15-13-20(3)4)24-19-21(5)14-16-23(24)26(6)17-11-10-12-25(26)27/h7-16,18,20-21H,1,17,19H2,2-6H3/b15-13-,18-9+,22-8+. The highest BCUT2D eigenvalue weighted by Gasteiger charge is 2.55. The van der Waals surface area contributed by atoms with Crippen LogP contribution < -0.4 is 0 Å². The van der Waals surface area contributed by atoms with Gasteiger partial charge >= 0.3 is 0 Å². The fourth-order valence-electron chi connectivity index (χ4n) is 5.08. The minimum atomic E-state index is -0.164. The molecule has 3 atom stereocenters. The molecule has 3 aliphatic carbocycles. The maximum Gasteiger partial charge on any atom is 0.0569 e. The molecule has 0 aromatic heterocycles. The number of fused-ring (bicyclic) bond motifs is 2. The van der Waals surface area contributed by atoms with Gasteiger partial charge in [-0.15, -0.1) is 0 Å². The first kappa shape index (κ1) is 19.7. The molecular weight excluding hydrogens is 324 g/mol. The van der Waals surface area contributed by atoms with Gasteiger partial charge in [0.15, 0.2) is 0 Å². The van der Waals surface area contributed by atoms with Crippen LogP contribution in [-0.4, -0.2) is 0 Å². The molecule has 0 spiro atoms. The van der Waals surface area contributed by atoms with Crippen LogP contribution in [0.2, 0.25) is 0 Å². The van der Waals surface area contributed by atoms with Gasteiger partial charge in [-0.1, -0.05) is 101 Å². The molecule has 0 N–H and O–H groups in total. The quantitative estimate of drug-likeness (QED) is 0.442. The smallest absolute Gasteiger partial charge is 0.0569 e. The Hall–Kier alpha value is -2.08. The van der Waals surface area contributed by atoms with E-state index in [9.17, 15) is 0 Å². The first-order chi connectivity index (χ1) is 12.9. The minimum Gasteiger partial charge on any atom is -0.0991 e. The number of rotatable bonds is 5. The Kier molecular flexibility index (Phi) is 5.47. The molecule has 0 nitrogen and oxygen atoms in total. The average Bonchev–Trinajstić information content (AvgIpc) is 2.86. The van der Waals surface area contributed by atoms with Crippen LogP contribution >= 0.6 is 0 Å². The highest BCUT2D eigenvalue weighted by molar-refractivity contribution is 5.66. The summed E-state index contributed by atoms with van der Waals surface area (Å²) in [5, 5.41) is 0. The first-order valence-corrected chi connectivity index (χ1v) is 10.4. The van der Waals surface area contributed by atoms with E-state index in [1.54, 1.807) is 5.57 Å². The highest BCUT2D eigenvalue weighted by atomic mass is 14.6. The molecule has 3 aliphatic rings. The molecule has 0 amide bonds. The van der Waals surface area contributed by atoms with Crippen LogP contribution in [0.15, 0.2) is 95.7 Å². The van der Waals surface area contributed by atoms with Crippen molar-refractivity contribution in [1.82, 2.24) is 0 Å². The van der Waals surface area contributed by atoms with Gasteiger partial charge in [-0.05, 0) is 53.9 Å². The summed E-state index contributed by atoms with van der Waals surface area (Å²) in [6, 6.07) is 0.